The fourth-order valence-electron chi connectivity index (χ4n) is 5.48. The summed E-state index contributed by atoms with van der Waals surface area (Å²) in [6, 6.07) is 8.37. The highest BCUT2D eigenvalue weighted by Crippen LogP contribution is 2.34. The highest BCUT2D eigenvalue weighted by Gasteiger charge is 2.37. The third-order valence-electron chi connectivity index (χ3n) is 7.38. The predicted molar refractivity (Wildman–Crippen MR) is 140 cm³/mol. The van der Waals surface area contributed by atoms with Crippen LogP contribution < -0.4 is 0 Å². The zero-order valence-electron chi connectivity index (χ0n) is 21.8. The van der Waals surface area contributed by atoms with Crippen LogP contribution in [0.15, 0.2) is 52.8 Å². The maximum atomic E-state index is 13.6. The van der Waals surface area contributed by atoms with Crippen LogP contribution >= 0.6 is 0 Å². The molecule has 35 heavy (non-hydrogen) atoms. The van der Waals surface area contributed by atoms with Crippen molar-refractivity contribution in [3.63, 3.8) is 0 Å². The van der Waals surface area contributed by atoms with E-state index in [1.165, 1.54) is 36.7 Å². The Balaban J connectivity index is 1.73. The second-order valence-electron chi connectivity index (χ2n) is 9.73. The Hall–Kier alpha value is -3.34. The summed E-state index contributed by atoms with van der Waals surface area (Å²) in [5.74, 6) is -0.596. The average molecular weight is 473 g/mol. The van der Waals surface area contributed by atoms with Gasteiger partial charge < -0.3 is 14.2 Å². The maximum absolute atomic E-state index is 13.6. The van der Waals surface area contributed by atoms with Crippen molar-refractivity contribution in [2.45, 2.75) is 66.7 Å². The van der Waals surface area contributed by atoms with Crippen LogP contribution in [0.5, 0.6) is 0 Å². The van der Waals surface area contributed by atoms with E-state index in [0.717, 1.165) is 41.9 Å². The molecule has 0 bridgehead atoms. The van der Waals surface area contributed by atoms with E-state index >= 15 is 0 Å². The third kappa shape index (κ3) is 4.64. The van der Waals surface area contributed by atoms with Crippen LogP contribution in [0, 0.1) is 27.7 Å². The van der Waals surface area contributed by atoms with E-state index in [1.807, 2.05) is 13.0 Å². The number of aryl methyl sites for hydroxylation is 3. The number of carbonyl (C=O) groups excluding carboxylic acids is 2. The van der Waals surface area contributed by atoms with E-state index in [2.05, 4.69) is 62.6 Å². The molecule has 2 heterocycles. The first-order valence-electron chi connectivity index (χ1n) is 12.5. The number of allylic oxidation sites excluding steroid dienone is 2. The quantitative estimate of drug-likeness (QED) is 0.283. The lowest BCUT2D eigenvalue weighted by molar-refractivity contribution is -0.136. The van der Waals surface area contributed by atoms with Gasteiger partial charge in [-0.25, -0.2) is 4.79 Å². The number of amides is 1. The molecule has 4 rings (SSSR count). The Morgan fingerprint density at radius 1 is 1.09 bits per heavy atom. The maximum Gasteiger partial charge on any atom is 0.340 e. The van der Waals surface area contributed by atoms with Crippen LogP contribution in [0.25, 0.3) is 11.8 Å². The zero-order valence-corrected chi connectivity index (χ0v) is 21.8. The average Bonchev–Trinajstić information content (AvgIpc) is 3.24. The first-order chi connectivity index (χ1) is 16.7. The first kappa shape index (κ1) is 24.8. The molecule has 0 saturated heterocycles. The number of esters is 1. The van der Waals surface area contributed by atoms with Crippen molar-refractivity contribution in [2.24, 2.45) is 0 Å². The highest BCUT2D eigenvalue weighted by molar-refractivity contribution is 6.16. The molecule has 5 nitrogen and oxygen atoms in total. The summed E-state index contributed by atoms with van der Waals surface area (Å²) < 4.78 is 7.32. The molecule has 0 atom stereocenters. The molecular formula is C30H36N2O3. The second-order valence-corrected chi connectivity index (χ2v) is 9.73. The third-order valence-corrected chi connectivity index (χ3v) is 7.38. The van der Waals surface area contributed by atoms with Gasteiger partial charge in [0.1, 0.15) is 0 Å². The monoisotopic (exact) mass is 472 g/mol. The number of aromatic nitrogens is 1. The summed E-state index contributed by atoms with van der Waals surface area (Å²) in [5, 5.41) is 0. The highest BCUT2D eigenvalue weighted by atomic mass is 16.5. The lowest BCUT2D eigenvalue weighted by Crippen LogP contribution is -2.26. The Bertz CT molecular complexity index is 1250. The van der Waals surface area contributed by atoms with Crippen LogP contribution in [-0.4, -0.2) is 35.0 Å². The van der Waals surface area contributed by atoms with E-state index in [4.69, 9.17) is 4.74 Å². The lowest BCUT2D eigenvalue weighted by Gasteiger charge is -2.20. The number of methoxy groups -OCH3 is 1. The summed E-state index contributed by atoms with van der Waals surface area (Å²) >= 11 is 0. The molecule has 0 unspecified atom stereocenters. The van der Waals surface area contributed by atoms with Gasteiger partial charge in [0.25, 0.3) is 5.91 Å². The van der Waals surface area contributed by atoms with Crippen molar-refractivity contribution in [1.29, 1.82) is 0 Å². The number of hydrogen-bond donors (Lipinski definition) is 0. The first-order valence-corrected chi connectivity index (χ1v) is 12.5. The van der Waals surface area contributed by atoms with Gasteiger partial charge >= 0.3 is 5.97 Å². The van der Waals surface area contributed by atoms with Gasteiger partial charge in [-0.3, -0.25) is 4.79 Å². The Morgan fingerprint density at radius 3 is 2.43 bits per heavy atom. The Labute approximate surface area is 208 Å². The van der Waals surface area contributed by atoms with Gasteiger partial charge in [0.2, 0.25) is 0 Å². The zero-order chi connectivity index (χ0) is 25.3. The van der Waals surface area contributed by atoms with Crippen LogP contribution in [-0.2, 0) is 14.3 Å². The largest absolute Gasteiger partial charge is 0.465 e. The summed E-state index contributed by atoms with van der Waals surface area (Å²) in [4.78, 5) is 28.1. The van der Waals surface area contributed by atoms with Crippen LogP contribution in [0.4, 0.5) is 0 Å². The minimum atomic E-state index is -0.468. The van der Waals surface area contributed by atoms with Gasteiger partial charge in [-0.15, -0.1) is 0 Å². The van der Waals surface area contributed by atoms with Crippen LogP contribution in [0.3, 0.4) is 0 Å². The van der Waals surface area contributed by atoms with Crippen LogP contribution in [0.2, 0.25) is 0 Å². The molecule has 1 aromatic carbocycles. The van der Waals surface area contributed by atoms with Crippen molar-refractivity contribution in [3.05, 3.63) is 80.8 Å². The molecule has 2 aromatic rings. The van der Waals surface area contributed by atoms with Crippen molar-refractivity contribution in [3.8, 4) is 5.69 Å². The molecule has 0 saturated carbocycles. The van der Waals surface area contributed by atoms with Crippen LogP contribution in [0.1, 0.15) is 67.1 Å². The van der Waals surface area contributed by atoms with Crippen molar-refractivity contribution >= 4 is 18.0 Å². The van der Waals surface area contributed by atoms with Gasteiger partial charge in [-0.2, -0.15) is 0 Å². The van der Waals surface area contributed by atoms with E-state index < -0.39 is 5.97 Å². The SMILES string of the molecule is COC(=O)C1=C(C)N(CCC2=CCCCC2)C(=O)/C1=C\c1cc(C)n(-c2c(C)cccc2C)c1C. The summed E-state index contributed by atoms with van der Waals surface area (Å²) in [7, 11) is 1.37. The number of para-hydroxylation sites is 1. The second kappa shape index (κ2) is 10.1. The molecule has 1 amide bonds. The normalized spacial score (nSPS) is 17.4. The molecule has 0 N–H and O–H groups in total. The number of benzene rings is 1. The van der Waals surface area contributed by atoms with E-state index in [0.29, 0.717) is 23.4 Å². The molecule has 1 aliphatic heterocycles. The van der Waals surface area contributed by atoms with Gasteiger partial charge in [0.05, 0.1) is 23.9 Å². The van der Waals surface area contributed by atoms with Gasteiger partial charge in [0, 0.05) is 23.6 Å². The standard InChI is InChI=1S/C30H36N2O3/c1-19-11-10-12-20(2)28(19)32-21(3)17-25(22(32)4)18-26-27(30(34)35-6)23(5)31(29(26)33)16-15-24-13-8-7-9-14-24/h10-13,17-18H,7-9,14-16H2,1-6H3/b26-18-. The smallest absolute Gasteiger partial charge is 0.340 e. The van der Waals surface area contributed by atoms with Gasteiger partial charge in [-0.05, 0) is 95.6 Å². The summed E-state index contributed by atoms with van der Waals surface area (Å²) in [6.07, 6.45) is 9.68. The van der Waals surface area contributed by atoms with E-state index in [1.54, 1.807) is 4.90 Å². The van der Waals surface area contributed by atoms with Crippen molar-refractivity contribution in [1.82, 2.24) is 9.47 Å². The Kier molecular flexibility index (Phi) is 7.15. The molecule has 1 aliphatic carbocycles. The fourth-order valence-corrected chi connectivity index (χ4v) is 5.48. The summed E-state index contributed by atoms with van der Waals surface area (Å²) in [5.41, 5.74) is 9.45. The minimum absolute atomic E-state index is 0.129. The van der Waals surface area contributed by atoms with E-state index in [9.17, 15) is 9.59 Å². The van der Waals surface area contributed by atoms with Gasteiger partial charge in [-0.1, -0.05) is 29.8 Å². The predicted octanol–water partition coefficient (Wildman–Crippen LogP) is 6.27. The number of rotatable bonds is 6. The number of hydrogen-bond acceptors (Lipinski definition) is 3. The van der Waals surface area contributed by atoms with Crippen molar-refractivity contribution in [2.75, 3.05) is 13.7 Å². The number of ether oxygens (including phenoxy) is 1. The topological polar surface area (TPSA) is 51.5 Å². The Morgan fingerprint density at radius 2 is 1.80 bits per heavy atom. The number of carbonyl (C=O) groups is 2. The fraction of sp³-hybridized carbons (Fsp3) is 0.400. The van der Waals surface area contributed by atoms with Crippen molar-refractivity contribution < 1.29 is 14.3 Å². The molecular weight excluding hydrogens is 436 g/mol. The molecule has 1 aromatic heterocycles. The molecule has 0 radical (unpaired) electrons. The van der Waals surface area contributed by atoms with Gasteiger partial charge in [0.15, 0.2) is 0 Å². The number of nitrogens with zero attached hydrogens (tertiary/aromatic N) is 2. The summed E-state index contributed by atoms with van der Waals surface area (Å²) in [6.45, 7) is 10.8. The molecule has 5 heteroatoms. The molecule has 0 fully saturated rings. The minimum Gasteiger partial charge on any atom is -0.465 e. The molecule has 0 spiro atoms. The molecule has 2 aliphatic rings. The molecule has 184 valence electrons. The lowest BCUT2D eigenvalue weighted by atomic mass is 9.97. The van der Waals surface area contributed by atoms with E-state index in [-0.39, 0.29) is 5.91 Å².